The summed E-state index contributed by atoms with van der Waals surface area (Å²) >= 11 is 0. The van der Waals surface area contributed by atoms with Crippen LogP contribution >= 0.6 is 0 Å². The number of fused-ring (bicyclic) bond motifs is 1. The van der Waals surface area contributed by atoms with Crippen LogP contribution < -0.4 is 20.9 Å². The van der Waals surface area contributed by atoms with E-state index in [1.54, 1.807) is 65.7 Å². The van der Waals surface area contributed by atoms with E-state index in [1.165, 1.54) is 12.1 Å². The summed E-state index contributed by atoms with van der Waals surface area (Å²) in [6.45, 7) is 12.8. The van der Waals surface area contributed by atoms with E-state index in [1.807, 2.05) is 12.1 Å². The summed E-state index contributed by atoms with van der Waals surface area (Å²) < 4.78 is 16.3. The van der Waals surface area contributed by atoms with Gasteiger partial charge in [0.1, 0.15) is 17.2 Å². The van der Waals surface area contributed by atoms with Gasteiger partial charge in [-0.25, -0.2) is 14.4 Å². The van der Waals surface area contributed by atoms with Crippen molar-refractivity contribution < 1.29 is 43.3 Å². The molecule has 1 aliphatic carbocycles. The molecule has 1 atom stereocenters. The first-order chi connectivity index (χ1) is 26.9. The number of guanidine groups is 1. The third kappa shape index (κ3) is 11.9. The van der Waals surface area contributed by atoms with E-state index in [0.717, 1.165) is 42.7 Å². The predicted molar refractivity (Wildman–Crippen MR) is 215 cm³/mol. The topological polar surface area (TPSA) is 188 Å². The van der Waals surface area contributed by atoms with E-state index in [9.17, 15) is 29.1 Å². The minimum Gasteiger partial charge on any atom is -0.478 e. The monoisotopic (exact) mass is 790 g/mol. The molecule has 0 aromatic heterocycles. The van der Waals surface area contributed by atoms with Crippen LogP contribution in [0.4, 0.5) is 21.0 Å². The van der Waals surface area contributed by atoms with Gasteiger partial charge >= 0.3 is 18.2 Å². The fourth-order valence-corrected chi connectivity index (χ4v) is 7.68. The molecular formula is C42H58N6O9. The summed E-state index contributed by atoms with van der Waals surface area (Å²) in [6, 6.07) is 11.1. The quantitative estimate of drug-likeness (QED) is 0.174. The van der Waals surface area contributed by atoms with Crippen LogP contribution in [0.2, 0.25) is 0 Å². The zero-order chi connectivity index (χ0) is 41.5. The number of nitrogens with zero attached hydrogens (tertiary/aromatic N) is 3. The molecule has 2 aromatic rings. The van der Waals surface area contributed by atoms with Crippen molar-refractivity contribution in [1.29, 1.82) is 0 Å². The number of aromatic carboxylic acids is 1. The van der Waals surface area contributed by atoms with Gasteiger partial charge in [0.15, 0.2) is 0 Å². The summed E-state index contributed by atoms with van der Waals surface area (Å²) in [5.74, 6) is -1.80. The lowest BCUT2D eigenvalue weighted by Crippen LogP contribution is -2.49. The predicted octanol–water partition coefficient (Wildman–Crippen LogP) is 6.28. The molecule has 2 aliphatic heterocycles. The Morgan fingerprint density at radius 1 is 0.842 bits per heavy atom. The average molecular weight is 791 g/mol. The molecule has 1 saturated heterocycles. The number of carboxylic acid groups (broad SMARTS) is 1. The van der Waals surface area contributed by atoms with E-state index < -0.39 is 35.4 Å². The molecule has 15 heteroatoms. The lowest BCUT2D eigenvalue weighted by molar-refractivity contribution is -0.144. The molecule has 57 heavy (non-hydrogen) atoms. The van der Waals surface area contributed by atoms with Gasteiger partial charge < -0.3 is 39.8 Å². The highest BCUT2D eigenvalue weighted by molar-refractivity contribution is 6.00. The number of rotatable bonds is 8. The number of ether oxygens (including phenoxy) is 3. The van der Waals surface area contributed by atoms with Gasteiger partial charge in [0, 0.05) is 50.6 Å². The second kappa shape index (κ2) is 18.4. The second-order valence-corrected chi connectivity index (χ2v) is 17.0. The minimum atomic E-state index is -1.06. The van der Waals surface area contributed by atoms with Gasteiger partial charge in [0.25, 0.3) is 5.91 Å². The smallest absolute Gasteiger partial charge is 0.437 e. The molecule has 0 radical (unpaired) electrons. The van der Waals surface area contributed by atoms with Crippen molar-refractivity contribution in [3.8, 4) is 0 Å². The van der Waals surface area contributed by atoms with Crippen LogP contribution in [0, 0.1) is 11.8 Å². The molecular weight excluding hydrogens is 732 g/mol. The highest BCUT2D eigenvalue weighted by atomic mass is 16.6. The van der Waals surface area contributed by atoms with Crippen LogP contribution in [-0.2, 0) is 30.2 Å². The molecule has 1 saturated carbocycles. The van der Waals surface area contributed by atoms with E-state index in [-0.39, 0.29) is 41.3 Å². The summed E-state index contributed by atoms with van der Waals surface area (Å²) in [7, 11) is 1.74. The Morgan fingerprint density at radius 2 is 1.49 bits per heavy atom. The van der Waals surface area contributed by atoms with Gasteiger partial charge in [-0.15, -0.1) is 4.99 Å². The summed E-state index contributed by atoms with van der Waals surface area (Å²) in [4.78, 5) is 73.3. The number of benzene rings is 2. The standard InChI is InChI=1S/C42H58N6O9/c1-41(2,3)56-39(53)45-38(46-40(54)57-42(4,5)6)43-25-26-11-13-27(14-12-26)36(50)48-24-21-31-32(9-8-10-33(31)47-22-19-30(55-7)20-23-47)34(48)35(49)44-29-17-15-28(16-18-29)37(51)52/h8-10,15-18,26-27,30,34H,11-14,19-25H2,1-7H3,(H,44,49)(H,51,52)(H2,43,45,46,53,54)/t26-,27-,34?. The van der Waals surface area contributed by atoms with Gasteiger partial charge in [-0.2, -0.15) is 0 Å². The lowest BCUT2D eigenvalue weighted by atomic mass is 9.80. The third-order valence-electron chi connectivity index (χ3n) is 10.4. The van der Waals surface area contributed by atoms with Crippen molar-refractivity contribution in [1.82, 2.24) is 15.5 Å². The number of alkyl carbamates (subject to hydrolysis) is 1. The number of amides is 4. The van der Waals surface area contributed by atoms with Crippen molar-refractivity contribution in [2.45, 2.75) is 110 Å². The number of aliphatic imine (C=N–C) groups is 1. The molecule has 0 spiro atoms. The van der Waals surface area contributed by atoms with E-state index in [2.05, 4.69) is 31.9 Å². The fourth-order valence-electron chi connectivity index (χ4n) is 7.68. The molecule has 2 heterocycles. The lowest BCUT2D eigenvalue weighted by Gasteiger charge is -2.42. The summed E-state index contributed by atoms with van der Waals surface area (Å²) in [5, 5.41) is 17.9. The van der Waals surface area contributed by atoms with Crippen LogP contribution in [0.25, 0.3) is 0 Å². The summed E-state index contributed by atoms with van der Waals surface area (Å²) in [6.07, 6.45) is 3.54. The molecule has 2 fully saturated rings. The number of hydrogen-bond acceptors (Lipinski definition) is 9. The first-order valence-corrected chi connectivity index (χ1v) is 19.8. The van der Waals surface area contributed by atoms with E-state index >= 15 is 0 Å². The SMILES string of the molecule is COC1CCN(c2cccc3c2CCN(C(=O)[C@H]2CC[C@H](CN/C(=N/C(=O)OC(C)(C)C)NC(=O)OC(C)(C)C)CC2)C3C(=O)Nc2ccc(C(=O)O)cc2)CC1. The third-order valence-corrected chi connectivity index (χ3v) is 10.4. The van der Waals surface area contributed by atoms with Crippen LogP contribution in [-0.4, -0.2) is 96.5 Å². The highest BCUT2D eigenvalue weighted by Gasteiger charge is 2.41. The molecule has 2 aromatic carbocycles. The number of carboxylic acids is 1. The molecule has 15 nitrogen and oxygen atoms in total. The van der Waals surface area contributed by atoms with Crippen LogP contribution in [0.1, 0.15) is 108 Å². The first kappa shape index (κ1) is 43.0. The number of anilines is 2. The number of piperidine rings is 1. The molecule has 0 bridgehead atoms. The maximum Gasteiger partial charge on any atom is 0.437 e. The fraction of sp³-hybridized carbons (Fsp3) is 0.571. The van der Waals surface area contributed by atoms with Crippen molar-refractivity contribution in [3.05, 3.63) is 59.2 Å². The number of carbonyl (C=O) groups is 5. The normalized spacial score (nSPS) is 20.5. The molecule has 1 unspecified atom stereocenters. The Kier molecular flexibility index (Phi) is 13.9. The molecule has 3 aliphatic rings. The zero-order valence-corrected chi connectivity index (χ0v) is 34.2. The maximum atomic E-state index is 14.5. The minimum absolute atomic E-state index is 0.0847. The van der Waals surface area contributed by atoms with Crippen molar-refractivity contribution in [3.63, 3.8) is 0 Å². The van der Waals surface area contributed by atoms with Crippen molar-refractivity contribution >= 4 is 47.3 Å². The number of methoxy groups -OCH3 is 1. The Hall–Kier alpha value is -5.18. The maximum absolute atomic E-state index is 14.5. The second-order valence-electron chi connectivity index (χ2n) is 17.0. The van der Waals surface area contributed by atoms with Gasteiger partial charge in [-0.05, 0) is 134 Å². The molecule has 310 valence electrons. The number of nitrogens with one attached hydrogen (secondary N) is 3. The Labute approximate surface area is 334 Å². The Bertz CT molecular complexity index is 1800. The van der Waals surface area contributed by atoms with Crippen molar-refractivity contribution in [2.24, 2.45) is 16.8 Å². The average Bonchev–Trinajstić information content (AvgIpc) is 3.14. The van der Waals surface area contributed by atoms with E-state index in [0.29, 0.717) is 50.9 Å². The molecule has 5 rings (SSSR count). The number of carbonyl (C=O) groups excluding carboxylic acids is 4. The number of hydrogen-bond donors (Lipinski definition) is 4. The summed E-state index contributed by atoms with van der Waals surface area (Å²) in [5.41, 5.74) is 1.90. The van der Waals surface area contributed by atoms with Gasteiger partial charge in [-0.3, -0.25) is 14.9 Å². The van der Waals surface area contributed by atoms with Gasteiger partial charge in [0.05, 0.1) is 11.7 Å². The Morgan fingerprint density at radius 3 is 2.09 bits per heavy atom. The van der Waals surface area contributed by atoms with E-state index in [4.69, 9.17) is 14.2 Å². The van der Waals surface area contributed by atoms with Gasteiger partial charge in [0.2, 0.25) is 11.9 Å². The van der Waals surface area contributed by atoms with Gasteiger partial charge in [-0.1, -0.05) is 12.1 Å². The zero-order valence-electron chi connectivity index (χ0n) is 34.2. The van der Waals surface area contributed by atoms with Crippen LogP contribution in [0.5, 0.6) is 0 Å². The largest absolute Gasteiger partial charge is 0.478 e. The Balaban J connectivity index is 1.30. The molecule has 4 amide bonds. The first-order valence-electron chi connectivity index (χ1n) is 19.8. The van der Waals surface area contributed by atoms with Crippen molar-refractivity contribution in [2.75, 3.05) is 43.5 Å². The highest BCUT2D eigenvalue weighted by Crippen LogP contribution is 2.40. The van der Waals surface area contributed by atoms with Crippen LogP contribution in [0.15, 0.2) is 47.5 Å². The van der Waals surface area contributed by atoms with Crippen LogP contribution in [0.3, 0.4) is 0 Å². The molecule has 4 N–H and O–H groups in total.